The van der Waals surface area contributed by atoms with Gasteiger partial charge in [0.1, 0.15) is 0 Å². The molecule has 0 saturated heterocycles. The van der Waals surface area contributed by atoms with E-state index in [2.05, 4.69) is 13.5 Å². The topological polar surface area (TPSA) is 17.1 Å². The number of rotatable bonds is 10. The molecular weight excluding hydrogens is 232 g/mol. The highest BCUT2D eigenvalue weighted by molar-refractivity contribution is 5.97. The van der Waals surface area contributed by atoms with Gasteiger partial charge in [0.25, 0.3) is 0 Å². The van der Waals surface area contributed by atoms with E-state index in [1.54, 1.807) is 0 Å². The summed E-state index contributed by atoms with van der Waals surface area (Å²) in [6.45, 7) is 6.27. The number of allylic oxidation sites excluding steroid dienone is 1. The lowest BCUT2D eigenvalue weighted by atomic mass is 9.99. The third kappa shape index (κ3) is 6.95. The zero-order valence-corrected chi connectivity index (χ0v) is 12.2. The number of ketones is 1. The molecule has 0 N–H and O–H groups in total. The molecule has 0 fully saturated rings. The molecule has 0 aliphatic carbocycles. The van der Waals surface area contributed by atoms with E-state index in [0.29, 0.717) is 6.42 Å². The minimum atomic E-state index is 0.191. The normalized spacial score (nSPS) is 10.4. The fourth-order valence-corrected chi connectivity index (χ4v) is 2.20. The summed E-state index contributed by atoms with van der Waals surface area (Å²) in [4.78, 5) is 12.0. The maximum absolute atomic E-state index is 12.0. The number of Topliss-reactive ketones (excluding diaryl/α,β-unsaturated/α-hetero) is 1. The van der Waals surface area contributed by atoms with Crippen LogP contribution in [0.3, 0.4) is 0 Å². The van der Waals surface area contributed by atoms with Gasteiger partial charge in [-0.25, -0.2) is 0 Å². The predicted molar refractivity (Wildman–Crippen MR) is 82.5 cm³/mol. The standard InChI is InChI=1S/C18H26O/c1-3-4-5-6-7-9-12-16(2)15-18(19)17-13-10-8-11-14-17/h8,10-11,13-14H,2-7,9,12,15H2,1H3. The van der Waals surface area contributed by atoms with Crippen molar-refractivity contribution in [3.63, 3.8) is 0 Å². The van der Waals surface area contributed by atoms with Crippen molar-refractivity contribution in [3.05, 3.63) is 48.0 Å². The first-order valence-electron chi connectivity index (χ1n) is 7.49. The molecule has 0 spiro atoms. The molecule has 0 unspecified atom stereocenters. The van der Waals surface area contributed by atoms with Gasteiger partial charge in [0.15, 0.2) is 5.78 Å². The zero-order chi connectivity index (χ0) is 13.9. The molecule has 104 valence electrons. The zero-order valence-electron chi connectivity index (χ0n) is 12.2. The number of carbonyl (C=O) groups excluding carboxylic acids is 1. The van der Waals surface area contributed by atoms with Gasteiger partial charge in [0.2, 0.25) is 0 Å². The van der Waals surface area contributed by atoms with Gasteiger partial charge in [0, 0.05) is 12.0 Å². The number of hydrogen-bond donors (Lipinski definition) is 0. The summed E-state index contributed by atoms with van der Waals surface area (Å²) in [5.74, 6) is 0.191. The van der Waals surface area contributed by atoms with E-state index in [9.17, 15) is 4.79 Å². The molecule has 0 saturated carbocycles. The second-order valence-electron chi connectivity index (χ2n) is 5.23. The van der Waals surface area contributed by atoms with Crippen LogP contribution in [0.5, 0.6) is 0 Å². The minimum absolute atomic E-state index is 0.191. The van der Waals surface area contributed by atoms with E-state index in [-0.39, 0.29) is 5.78 Å². The molecule has 19 heavy (non-hydrogen) atoms. The molecule has 1 aromatic rings. The monoisotopic (exact) mass is 258 g/mol. The van der Waals surface area contributed by atoms with Crippen molar-refractivity contribution >= 4 is 5.78 Å². The Labute approximate surface area is 117 Å². The molecule has 1 rings (SSSR count). The first-order valence-corrected chi connectivity index (χ1v) is 7.49. The quantitative estimate of drug-likeness (QED) is 0.305. The molecule has 0 radical (unpaired) electrons. The molecule has 0 aromatic heterocycles. The average Bonchev–Trinajstić information content (AvgIpc) is 2.43. The molecule has 0 bridgehead atoms. The van der Waals surface area contributed by atoms with Gasteiger partial charge in [-0.1, -0.05) is 81.5 Å². The van der Waals surface area contributed by atoms with Gasteiger partial charge >= 0.3 is 0 Å². The Kier molecular flexibility index (Phi) is 7.88. The van der Waals surface area contributed by atoms with Crippen LogP contribution in [-0.4, -0.2) is 5.78 Å². The molecule has 0 amide bonds. The van der Waals surface area contributed by atoms with E-state index in [1.807, 2.05) is 30.3 Å². The van der Waals surface area contributed by atoms with Crippen LogP contribution in [0.2, 0.25) is 0 Å². The SMILES string of the molecule is C=C(CCCCCCCC)CC(=O)c1ccccc1. The lowest BCUT2D eigenvalue weighted by Gasteiger charge is -2.05. The van der Waals surface area contributed by atoms with Crippen molar-refractivity contribution < 1.29 is 4.79 Å². The van der Waals surface area contributed by atoms with Crippen LogP contribution in [0.4, 0.5) is 0 Å². The van der Waals surface area contributed by atoms with Gasteiger partial charge < -0.3 is 0 Å². The van der Waals surface area contributed by atoms with Crippen molar-refractivity contribution in [2.45, 2.75) is 58.3 Å². The Bertz CT molecular complexity index is 378. The Morgan fingerprint density at radius 1 is 1.00 bits per heavy atom. The first-order chi connectivity index (χ1) is 9.24. The van der Waals surface area contributed by atoms with Crippen LogP contribution in [0.1, 0.15) is 68.6 Å². The molecule has 0 atom stereocenters. The summed E-state index contributed by atoms with van der Waals surface area (Å²) in [6.07, 6.45) is 9.21. The van der Waals surface area contributed by atoms with Crippen LogP contribution < -0.4 is 0 Å². The Morgan fingerprint density at radius 2 is 1.63 bits per heavy atom. The minimum Gasteiger partial charge on any atom is -0.294 e. The van der Waals surface area contributed by atoms with Crippen molar-refractivity contribution in [1.29, 1.82) is 0 Å². The summed E-state index contributed by atoms with van der Waals surface area (Å²) >= 11 is 0. The largest absolute Gasteiger partial charge is 0.294 e. The third-order valence-electron chi connectivity index (χ3n) is 3.39. The number of carbonyl (C=O) groups is 1. The van der Waals surface area contributed by atoms with E-state index < -0.39 is 0 Å². The molecule has 1 heteroatoms. The van der Waals surface area contributed by atoms with E-state index >= 15 is 0 Å². The van der Waals surface area contributed by atoms with Crippen LogP contribution in [0, 0.1) is 0 Å². The average molecular weight is 258 g/mol. The lowest BCUT2D eigenvalue weighted by molar-refractivity contribution is 0.0992. The molecule has 1 aromatic carbocycles. The summed E-state index contributed by atoms with van der Waals surface area (Å²) in [6, 6.07) is 9.50. The van der Waals surface area contributed by atoms with E-state index in [4.69, 9.17) is 0 Å². The predicted octanol–water partition coefficient (Wildman–Crippen LogP) is 5.57. The highest BCUT2D eigenvalue weighted by Gasteiger charge is 2.06. The van der Waals surface area contributed by atoms with Crippen molar-refractivity contribution in [2.24, 2.45) is 0 Å². The maximum Gasteiger partial charge on any atom is 0.166 e. The van der Waals surface area contributed by atoms with Gasteiger partial charge in [-0.3, -0.25) is 4.79 Å². The Morgan fingerprint density at radius 3 is 2.32 bits per heavy atom. The van der Waals surface area contributed by atoms with E-state index in [1.165, 1.54) is 38.5 Å². The highest BCUT2D eigenvalue weighted by atomic mass is 16.1. The smallest absolute Gasteiger partial charge is 0.166 e. The van der Waals surface area contributed by atoms with Gasteiger partial charge in [-0.15, -0.1) is 0 Å². The molecule has 0 heterocycles. The summed E-state index contributed by atoms with van der Waals surface area (Å²) in [5, 5.41) is 0. The van der Waals surface area contributed by atoms with Crippen LogP contribution >= 0.6 is 0 Å². The van der Waals surface area contributed by atoms with Crippen molar-refractivity contribution in [3.8, 4) is 0 Å². The van der Waals surface area contributed by atoms with Gasteiger partial charge in [-0.2, -0.15) is 0 Å². The Balaban J connectivity index is 2.16. The number of benzene rings is 1. The van der Waals surface area contributed by atoms with Crippen molar-refractivity contribution in [1.82, 2.24) is 0 Å². The molecule has 0 aliphatic heterocycles. The molecule has 0 aliphatic rings. The summed E-state index contributed by atoms with van der Waals surface area (Å²) in [5.41, 5.74) is 1.87. The summed E-state index contributed by atoms with van der Waals surface area (Å²) < 4.78 is 0. The van der Waals surface area contributed by atoms with Gasteiger partial charge in [0.05, 0.1) is 0 Å². The highest BCUT2D eigenvalue weighted by Crippen LogP contribution is 2.15. The van der Waals surface area contributed by atoms with Crippen molar-refractivity contribution in [2.75, 3.05) is 0 Å². The molecule has 1 nitrogen and oxygen atoms in total. The van der Waals surface area contributed by atoms with Crippen LogP contribution in [0.25, 0.3) is 0 Å². The molecular formula is C18H26O. The second kappa shape index (κ2) is 9.55. The maximum atomic E-state index is 12.0. The lowest BCUT2D eigenvalue weighted by Crippen LogP contribution is -2.00. The van der Waals surface area contributed by atoms with Crippen LogP contribution in [0.15, 0.2) is 42.5 Å². The van der Waals surface area contributed by atoms with Gasteiger partial charge in [-0.05, 0) is 12.8 Å². The third-order valence-corrected chi connectivity index (χ3v) is 3.39. The van der Waals surface area contributed by atoms with E-state index in [0.717, 1.165) is 17.6 Å². The number of unbranched alkanes of at least 4 members (excludes halogenated alkanes) is 5. The van der Waals surface area contributed by atoms with Crippen LogP contribution in [-0.2, 0) is 0 Å². The Hall–Kier alpha value is -1.37. The fraction of sp³-hybridized carbons (Fsp3) is 0.500. The fourth-order valence-electron chi connectivity index (χ4n) is 2.20. The first kappa shape index (κ1) is 15.7. The number of hydrogen-bond acceptors (Lipinski definition) is 1. The second-order valence-corrected chi connectivity index (χ2v) is 5.23. The summed E-state index contributed by atoms with van der Waals surface area (Å²) in [7, 11) is 0.